The highest BCUT2D eigenvalue weighted by molar-refractivity contribution is 5.81. The first-order chi connectivity index (χ1) is 10.8. The van der Waals surface area contributed by atoms with Crippen LogP contribution in [0.2, 0.25) is 0 Å². The molecule has 3 rings (SSSR count). The van der Waals surface area contributed by atoms with Gasteiger partial charge in [0.15, 0.2) is 0 Å². The predicted octanol–water partition coefficient (Wildman–Crippen LogP) is 5.17. The van der Waals surface area contributed by atoms with Crippen molar-refractivity contribution < 1.29 is 0 Å². The van der Waals surface area contributed by atoms with E-state index in [9.17, 15) is 0 Å². The lowest BCUT2D eigenvalue weighted by atomic mass is 10.2. The zero-order chi connectivity index (χ0) is 15.2. The van der Waals surface area contributed by atoms with E-state index in [-0.39, 0.29) is 0 Å². The van der Waals surface area contributed by atoms with Gasteiger partial charge in [0.25, 0.3) is 0 Å². The van der Waals surface area contributed by atoms with E-state index in [0.717, 1.165) is 16.9 Å². The zero-order valence-electron chi connectivity index (χ0n) is 12.6. The second-order valence-corrected chi connectivity index (χ2v) is 5.14. The first-order valence-electron chi connectivity index (χ1n) is 7.34. The van der Waals surface area contributed by atoms with Crippen LogP contribution in [0.1, 0.15) is 11.1 Å². The third-order valence-corrected chi connectivity index (χ3v) is 3.40. The van der Waals surface area contributed by atoms with E-state index in [0.29, 0.717) is 0 Å². The van der Waals surface area contributed by atoms with Crippen molar-refractivity contribution in [3.63, 3.8) is 0 Å². The smallest absolute Gasteiger partial charge is 0.0652 e. The van der Waals surface area contributed by atoms with Gasteiger partial charge in [-0.15, -0.1) is 0 Å². The molecule has 108 valence electrons. The summed E-state index contributed by atoms with van der Waals surface area (Å²) in [6.07, 6.45) is 1.89. The van der Waals surface area contributed by atoms with Crippen molar-refractivity contribution in [1.82, 2.24) is 0 Å². The van der Waals surface area contributed by atoms with Crippen LogP contribution in [-0.4, -0.2) is 6.21 Å². The maximum Gasteiger partial charge on any atom is 0.0652 e. The third-order valence-electron chi connectivity index (χ3n) is 3.40. The average molecular weight is 286 g/mol. The van der Waals surface area contributed by atoms with Crippen LogP contribution in [0.15, 0.2) is 90.0 Å². The highest BCUT2D eigenvalue weighted by Crippen LogP contribution is 2.25. The second kappa shape index (κ2) is 6.72. The Morgan fingerprint density at radius 3 is 1.68 bits per heavy atom. The summed E-state index contributed by atoms with van der Waals surface area (Å²) in [6, 6.07) is 28.7. The molecular weight excluding hydrogens is 268 g/mol. The molecule has 0 unspecified atom stereocenters. The number of hydrogen-bond donors (Lipinski definition) is 0. The van der Waals surface area contributed by atoms with E-state index in [2.05, 4.69) is 60.6 Å². The maximum absolute atomic E-state index is 4.67. The molecule has 0 spiro atoms. The topological polar surface area (TPSA) is 15.6 Å². The molecule has 0 fully saturated rings. The van der Waals surface area contributed by atoms with Crippen molar-refractivity contribution in [3.05, 3.63) is 96.1 Å². The van der Waals surface area contributed by atoms with Gasteiger partial charge in [-0.25, -0.2) is 5.01 Å². The van der Waals surface area contributed by atoms with Gasteiger partial charge in [0, 0.05) is 0 Å². The van der Waals surface area contributed by atoms with Crippen LogP contribution >= 0.6 is 0 Å². The summed E-state index contributed by atoms with van der Waals surface area (Å²) in [5.74, 6) is 0. The second-order valence-electron chi connectivity index (χ2n) is 5.14. The Labute approximate surface area is 131 Å². The van der Waals surface area contributed by atoms with Gasteiger partial charge in [0.05, 0.1) is 17.6 Å². The average Bonchev–Trinajstić information content (AvgIpc) is 2.59. The van der Waals surface area contributed by atoms with Crippen molar-refractivity contribution >= 4 is 17.6 Å². The van der Waals surface area contributed by atoms with Crippen molar-refractivity contribution in [2.75, 3.05) is 5.01 Å². The van der Waals surface area contributed by atoms with Crippen LogP contribution < -0.4 is 5.01 Å². The van der Waals surface area contributed by atoms with Gasteiger partial charge in [-0.05, 0) is 36.8 Å². The van der Waals surface area contributed by atoms with Crippen LogP contribution in [0, 0.1) is 6.92 Å². The third kappa shape index (κ3) is 3.41. The van der Waals surface area contributed by atoms with Crippen LogP contribution in [0.25, 0.3) is 0 Å². The molecule has 0 saturated heterocycles. The van der Waals surface area contributed by atoms with Crippen LogP contribution in [0.4, 0.5) is 11.4 Å². The number of aryl methyl sites for hydroxylation is 1. The minimum Gasteiger partial charge on any atom is -0.234 e. The number of nitrogens with zero attached hydrogens (tertiary/aromatic N) is 2. The number of benzene rings is 3. The maximum atomic E-state index is 4.67. The monoisotopic (exact) mass is 286 g/mol. The lowest BCUT2D eigenvalue weighted by Gasteiger charge is -2.19. The normalized spacial score (nSPS) is 10.8. The molecule has 0 N–H and O–H groups in total. The molecule has 0 saturated carbocycles. The van der Waals surface area contributed by atoms with Gasteiger partial charge >= 0.3 is 0 Å². The molecule has 3 aromatic rings. The number of para-hydroxylation sites is 2. The molecule has 22 heavy (non-hydrogen) atoms. The van der Waals surface area contributed by atoms with E-state index >= 15 is 0 Å². The minimum atomic E-state index is 1.04. The fourth-order valence-electron chi connectivity index (χ4n) is 2.20. The number of hydrogen-bond acceptors (Lipinski definition) is 2. The largest absolute Gasteiger partial charge is 0.234 e. The fraction of sp³-hybridized carbons (Fsp3) is 0.0500. The summed E-state index contributed by atoms with van der Waals surface area (Å²) in [6.45, 7) is 2.08. The van der Waals surface area contributed by atoms with Crippen molar-refractivity contribution in [3.8, 4) is 0 Å². The Hall–Kier alpha value is -2.87. The molecular formula is C20H18N2. The fourth-order valence-corrected chi connectivity index (χ4v) is 2.20. The highest BCUT2D eigenvalue weighted by atomic mass is 15.5. The van der Waals surface area contributed by atoms with Gasteiger partial charge in [-0.2, -0.15) is 5.10 Å². The predicted molar refractivity (Wildman–Crippen MR) is 93.8 cm³/mol. The van der Waals surface area contributed by atoms with Gasteiger partial charge < -0.3 is 0 Å². The number of hydrazone groups is 1. The van der Waals surface area contributed by atoms with Gasteiger partial charge in [0.1, 0.15) is 0 Å². The van der Waals surface area contributed by atoms with Crippen LogP contribution in [0.3, 0.4) is 0 Å². The Balaban J connectivity index is 1.94. The van der Waals surface area contributed by atoms with E-state index < -0.39 is 0 Å². The summed E-state index contributed by atoms with van der Waals surface area (Å²) in [4.78, 5) is 0. The first-order valence-corrected chi connectivity index (χ1v) is 7.34. The lowest BCUT2D eigenvalue weighted by molar-refractivity contribution is 1.09. The standard InChI is InChI=1S/C20H18N2/c1-17-12-14-18(15-13-17)16-21-22(19-8-4-2-5-9-19)20-10-6-3-7-11-20/h2-16H,1H3. The van der Waals surface area contributed by atoms with E-state index in [1.807, 2.05) is 47.6 Å². The highest BCUT2D eigenvalue weighted by Gasteiger charge is 2.06. The van der Waals surface area contributed by atoms with Gasteiger partial charge in [-0.3, -0.25) is 0 Å². The Morgan fingerprint density at radius 1 is 0.682 bits per heavy atom. The molecule has 2 heteroatoms. The summed E-state index contributed by atoms with van der Waals surface area (Å²) in [5.41, 5.74) is 4.41. The van der Waals surface area contributed by atoms with E-state index in [1.54, 1.807) is 0 Å². The van der Waals surface area contributed by atoms with Crippen LogP contribution in [0.5, 0.6) is 0 Å². The molecule has 0 aromatic heterocycles. The SMILES string of the molecule is Cc1ccc(C=NN(c2ccccc2)c2ccccc2)cc1. The summed E-state index contributed by atoms with van der Waals surface area (Å²) < 4.78 is 0. The molecule has 0 aliphatic heterocycles. The van der Waals surface area contributed by atoms with Crippen LogP contribution in [-0.2, 0) is 0 Å². The molecule has 0 aliphatic rings. The number of anilines is 2. The first kappa shape index (κ1) is 14.1. The lowest BCUT2D eigenvalue weighted by Crippen LogP contribution is -2.09. The van der Waals surface area contributed by atoms with E-state index in [4.69, 9.17) is 0 Å². The molecule has 2 nitrogen and oxygen atoms in total. The molecule has 0 aliphatic carbocycles. The van der Waals surface area contributed by atoms with Crippen molar-refractivity contribution in [1.29, 1.82) is 0 Å². The Bertz CT molecular complexity index is 692. The van der Waals surface area contributed by atoms with E-state index in [1.165, 1.54) is 5.56 Å². The van der Waals surface area contributed by atoms with Gasteiger partial charge in [-0.1, -0.05) is 66.2 Å². The Kier molecular flexibility index (Phi) is 4.30. The molecule has 0 amide bonds. The Morgan fingerprint density at radius 2 is 1.18 bits per heavy atom. The molecule has 0 bridgehead atoms. The molecule has 3 aromatic carbocycles. The van der Waals surface area contributed by atoms with Crippen molar-refractivity contribution in [2.24, 2.45) is 5.10 Å². The molecule has 0 atom stereocenters. The van der Waals surface area contributed by atoms with Crippen molar-refractivity contribution in [2.45, 2.75) is 6.92 Å². The zero-order valence-corrected chi connectivity index (χ0v) is 12.6. The minimum absolute atomic E-state index is 1.04. The quantitative estimate of drug-likeness (QED) is 0.477. The summed E-state index contributed by atoms with van der Waals surface area (Å²) in [7, 11) is 0. The number of rotatable bonds is 4. The molecule has 0 heterocycles. The summed E-state index contributed by atoms with van der Waals surface area (Å²) >= 11 is 0. The van der Waals surface area contributed by atoms with Gasteiger partial charge in [0.2, 0.25) is 0 Å². The summed E-state index contributed by atoms with van der Waals surface area (Å²) in [5, 5.41) is 6.62. The molecule has 0 radical (unpaired) electrons.